The highest BCUT2D eigenvalue weighted by Crippen LogP contribution is 2.33. The van der Waals surface area contributed by atoms with Gasteiger partial charge in [0.1, 0.15) is 22.4 Å². The van der Waals surface area contributed by atoms with Crippen molar-refractivity contribution < 1.29 is 5.11 Å². The summed E-state index contributed by atoms with van der Waals surface area (Å²) in [5.74, 6) is 0.0178. The van der Waals surface area contributed by atoms with Gasteiger partial charge in [-0.3, -0.25) is 4.40 Å². The quantitative estimate of drug-likeness (QED) is 0.310. The SMILES string of the molecule is CC(Sc1ncc2ccccn12)/C(O)=C(\C#N)c1nc2ccccc2s1. The van der Waals surface area contributed by atoms with Gasteiger partial charge in [-0.05, 0) is 31.2 Å². The van der Waals surface area contributed by atoms with Crippen molar-refractivity contribution in [1.29, 1.82) is 5.26 Å². The zero-order valence-corrected chi connectivity index (χ0v) is 15.5. The lowest BCUT2D eigenvalue weighted by Gasteiger charge is -2.11. The average molecular weight is 378 g/mol. The van der Waals surface area contributed by atoms with Crippen LogP contribution < -0.4 is 0 Å². The molecule has 0 fully saturated rings. The summed E-state index contributed by atoms with van der Waals surface area (Å²) in [6.07, 6.45) is 3.71. The monoisotopic (exact) mass is 378 g/mol. The van der Waals surface area contributed by atoms with E-state index < -0.39 is 0 Å². The topological polar surface area (TPSA) is 74.2 Å². The Morgan fingerprint density at radius 2 is 2.08 bits per heavy atom. The van der Waals surface area contributed by atoms with E-state index in [-0.39, 0.29) is 16.6 Å². The highest BCUT2D eigenvalue weighted by molar-refractivity contribution is 7.99. The molecule has 0 aliphatic carbocycles. The summed E-state index contributed by atoms with van der Waals surface area (Å²) in [5, 5.41) is 21.3. The maximum Gasteiger partial charge on any atom is 0.173 e. The van der Waals surface area contributed by atoms with Gasteiger partial charge in [0.25, 0.3) is 0 Å². The van der Waals surface area contributed by atoms with Crippen LogP contribution in [-0.2, 0) is 0 Å². The Balaban J connectivity index is 1.68. The second-order valence-corrected chi connectivity index (χ2v) is 7.99. The number of imidazole rings is 1. The molecule has 1 aromatic carbocycles. The number of aliphatic hydroxyl groups is 1. The first kappa shape index (κ1) is 16.6. The van der Waals surface area contributed by atoms with E-state index in [1.807, 2.05) is 60.0 Å². The van der Waals surface area contributed by atoms with Gasteiger partial charge < -0.3 is 5.11 Å². The van der Waals surface area contributed by atoms with Crippen molar-refractivity contribution in [3.05, 3.63) is 65.6 Å². The summed E-state index contributed by atoms with van der Waals surface area (Å²) >= 11 is 2.81. The van der Waals surface area contributed by atoms with E-state index in [0.717, 1.165) is 20.9 Å². The molecule has 7 heteroatoms. The third-order valence-electron chi connectivity index (χ3n) is 3.95. The van der Waals surface area contributed by atoms with Gasteiger partial charge in [-0.2, -0.15) is 5.26 Å². The van der Waals surface area contributed by atoms with E-state index in [9.17, 15) is 10.4 Å². The minimum Gasteiger partial charge on any atom is -0.510 e. The molecule has 3 heterocycles. The number of pyridine rings is 1. The number of thioether (sulfide) groups is 1. The Morgan fingerprint density at radius 3 is 2.88 bits per heavy atom. The van der Waals surface area contributed by atoms with Gasteiger partial charge in [0.15, 0.2) is 5.16 Å². The third-order valence-corrected chi connectivity index (χ3v) is 6.09. The molecule has 4 rings (SSSR count). The van der Waals surface area contributed by atoms with Gasteiger partial charge in [-0.15, -0.1) is 11.3 Å². The van der Waals surface area contributed by atoms with Crippen molar-refractivity contribution in [1.82, 2.24) is 14.4 Å². The van der Waals surface area contributed by atoms with Crippen LogP contribution in [0.1, 0.15) is 11.9 Å². The molecule has 0 saturated carbocycles. The van der Waals surface area contributed by atoms with Gasteiger partial charge in [0.05, 0.1) is 27.2 Å². The van der Waals surface area contributed by atoms with Crippen molar-refractivity contribution in [2.75, 3.05) is 0 Å². The molecule has 0 spiro atoms. The van der Waals surface area contributed by atoms with Gasteiger partial charge in [-0.1, -0.05) is 30.0 Å². The van der Waals surface area contributed by atoms with E-state index in [2.05, 4.69) is 16.0 Å². The number of hydrogen-bond donors (Lipinski definition) is 1. The van der Waals surface area contributed by atoms with E-state index >= 15 is 0 Å². The first-order valence-corrected chi connectivity index (χ1v) is 9.65. The number of aliphatic hydroxyl groups excluding tert-OH is 1. The fourth-order valence-electron chi connectivity index (χ4n) is 2.62. The molecule has 0 aliphatic rings. The molecule has 1 atom stereocenters. The van der Waals surface area contributed by atoms with Crippen molar-refractivity contribution in [3.8, 4) is 6.07 Å². The average Bonchev–Trinajstić information content (AvgIpc) is 3.26. The zero-order chi connectivity index (χ0) is 18.1. The van der Waals surface area contributed by atoms with Crippen molar-refractivity contribution in [3.63, 3.8) is 0 Å². The van der Waals surface area contributed by atoms with Crippen LogP contribution in [0.15, 0.2) is 65.8 Å². The smallest absolute Gasteiger partial charge is 0.173 e. The normalized spacial score (nSPS) is 13.5. The highest BCUT2D eigenvalue weighted by Gasteiger charge is 2.20. The molecule has 0 aliphatic heterocycles. The number of nitriles is 1. The van der Waals surface area contributed by atoms with Crippen LogP contribution in [0.5, 0.6) is 0 Å². The molecule has 0 radical (unpaired) electrons. The van der Waals surface area contributed by atoms with Gasteiger partial charge in [0, 0.05) is 6.20 Å². The van der Waals surface area contributed by atoms with Crippen LogP contribution in [0.4, 0.5) is 0 Å². The first-order valence-electron chi connectivity index (χ1n) is 7.95. The molecule has 3 aromatic heterocycles. The molecule has 128 valence electrons. The van der Waals surface area contributed by atoms with Crippen LogP contribution in [0.2, 0.25) is 0 Å². The maximum absolute atomic E-state index is 10.7. The maximum atomic E-state index is 10.7. The number of aromatic nitrogens is 3. The lowest BCUT2D eigenvalue weighted by molar-refractivity contribution is 0.402. The number of fused-ring (bicyclic) bond motifs is 2. The standard InChI is InChI=1S/C19H14N4OS2/c1-12(25-19-21-11-13-6-4-5-9-23(13)19)17(24)14(10-20)18-22-15-7-2-3-8-16(15)26-18/h2-9,11-12,24H,1H3/b17-14-. The molecule has 1 N–H and O–H groups in total. The number of thiazole rings is 1. The Hall–Kier alpha value is -2.82. The minimum atomic E-state index is -0.331. The van der Waals surface area contributed by atoms with E-state index in [4.69, 9.17) is 0 Å². The van der Waals surface area contributed by atoms with Crippen LogP contribution >= 0.6 is 23.1 Å². The summed E-state index contributed by atoms with van der Waals surface area (Å²) < 4.78 is 2.95. The number of allylic oxidation sites excluding steroid dienone is 1. The van der Waals surface area contributed by atoms with Gasteiger partial charge in [0.2, 0.25) is 0 Å². The molecule has 0 saturated heterocycles. The Kier molecular flexibility index (Phi) is 4.37. The molecule has 0 bridgehead atoms. The van der Waals surface area contributed by atoms with E-state index in [1.54, 1.807) is 6.20 Å². The summed E-state index contributed by atoms with van der Waals surface area (Å²) in [5.41, 5.74) is 2.03. The number of para-hydroxylation sites is 1. The molecular weight excluding hydrogens is 364 g/mol. The van der Waals surface area contributed by atoms with Gasteiger partial charge in [-0.25, -0.2) is 9.97 Å². The minimum absolute atomic E-state index is 0.0178. The summed E-state index contributed by atoms with van der Waals surface area (Å²) in [6, 6.07) is 15.7. The Morgan fingerprint density at radius 1 is 1.27 bits per heavy atom. The number of hydrogen-bond acceptors (Lipinski definition) is 6. The zero-order valence-electron chi connectivity index (χ0n) is 13.8. The van der Waals surface area contributed by atoms with Crippen LogP contribution in [0, 0.1) is 11.3 Å². The Labute approximate surface area is 158 Å². The lowest BCUT2D eigenvalue weighted by Crippen LogP contribution is -2.05. The van der Waals surface area contributed by atoms with Crippen molar-refractivity contribution in [2.45, 2.75) is 17.3 Å². The highest BCUT2D eigenvalue weighted by atomic mass is 32.2. The lowest BCUT2D eigenvalue weighted by atomic mass is 10.2. The van der Waals surface area contributed by atoms with E-state index in [1.165, 1.54) is 23.1 Å². The van der Waals surface area contributed by atoms with Crippen LogP contribution in [0.25, 0.3) is 21.3 Å². The third kappa shape index (κ3) is 2.94. The largest absolute Gasteiger partial charge is 0.510 e. The predicted molar refractivity (Wildman–Crippen MR) is 105 cm³/mol. The number of nitrogens with zero attached hydrogens (tertiary/aromatic N) is 4. The molecular formula is C19H14N4OS2. The molecule has 26 heavy (non-hydrogen) atoms. The van der Waals surface area contributed by atoms with Crippen molar-refractivity contribution in [2.24, 2.45) is 0 Å². The number of rotatable bonds is 4. The summed E-state index contributed by atoms with van der Waals surface area (Å²) in [6.45, 7) is 1.86. The fraction of sp³-hybridized carbons (Fsp3) is 0.105. The van der Waals surface area contributed by atoms with Gasteiger partial charge >= 0.3 is 0 Å². The van der Waals surface area contributed by atoms with Crippen molar-refractivity contribution >= 4 is 44.4 Å². The fourth-order valence-corrected chi connectivity index (χ4v) is 4.53. The second-order valence-electron chi connectivity index (χ2n) is 5.66. The first-order chi connectivity index (χ1) is 12.7. The predicted octanol–water partition coefficient (Wildman–Crippen LogP) is 4.92. The second kappa shape index (κ2) is 6.83. The molecule has 0 amide bonds. The molecule has 4 aromatic rings. The Bertz CT molecular complexity index is 1140. The summed E-state index contributed by atoms with van der Waals surface area (Å²) in [4.78, 5) is 8.89. The molecule has 1 unspecified atom stereocenters. The van der Waals surface area contributed by atoms with E-state index in [0.29, 0.717) is 5.01 Å². The number of benzene rings is 1. The van der Waals surface area contributed by atoms with Crippen LogP contribution in [-0.4, -0.2) is 24.7 Å². The summed E-state index contributed by atoms with van der Waals surface area (Å²) in [7, 11) is 0. The molecule has 5 nitrogen and oxygen atoms in total. The van der Waals surface area contributed by atoms with Crippen LogP contribution in [0.3, 0.4) is 0 Å².